The van der Waals surface area contributed by atoms with E-state index in [1.165, 1.54) is 7.11 Å². The van der Waals surface area contributed by atoms with Crippen molar-refractivity contribution in [2.45, 2.75) is 76.4 Å². The van der Waals surface area contributed by atoms with Gasteiger partial charge in [-0.05, 0) is 36.2 Å². The van der Waals surface area contributed by atoms with Crippen molar-refractivity contribution in [3.63, 3.8) is 0 Å². The number of esters is 1. The number of hydrogen-bond acceptors (Lipinski definition) is 7. The van der Waals surface area contributed by atoms with Crippen LogP contribution < -0.4 is 0 Å². The van der Waals surface area contributed by atoms with Gasteiger partial charge in [-0.15, -0.1) is 0 Å². The molecule has 9 heteroatoms. The lowest BCUT2D eigenvalue weighted by atomic mass is 9.84. The van der Waals surface area contributed by atoms with E-state index in [0.29, 0.717) is 0 Å². The maximum atomic E-state index is 14.1. The number of aliphatic hydroxyl groups excluding tert-OH is 1. The van der Waals surface area contributed by atoms with Crippen molar-refractivity contribution in [1.82, 2.24) is 4.90 Å². The number of carbonyl (C=O) groups is 3. The summed E-state index contributed by atoms with van der Waals surface area (Å²) >= 11 is 0. The van der Waals surface area contributed by atoms with Crippen LogP contribution in [0.5, 0.6) is 0 Å². The number of nitrogens with zero attached hydrogens (tertiary/aromatic N) is 1. The first-order valence-corrected chi connectivity index (χ1v) is 16.2. The van der Waals surface area contributed by atoms with Crippen molar-refractivity contribution in [2.75, 3.05) is 13.7 Å². The van der Waals surface area contributed by atoms with E-state index in [2.05, 4.69) is 20.8 Å². The average molecular weight is 556 g/mol. The highest BCUT2D eigenvalue weighted by Gasteiger charge is 2.49. The standard InChI is InChI=1S/C30H41NO7Si/c1-20(38-39(6,7)30(2,3)4)27(33)23(18-25(32)36-5)28(34)31-24(19-37-29(31)35)26(21-14-10-8-11-15-21)22-16-12-9-13-17-22/h8-17,20,23-24,26-27,33H,18-19H2,1-7H3/t20-,23-,24-,27+/m0/s1. The fourth-order valence-electron chi connectivity index (χ4n) is 4.73. The smallest absolute Gasteiger partial charge is 0.417 e. The van der Waals surface area contributed by atoms with E-state index in [-0.39, 0.29) is 17.6 Å². The third-order valence-corrected chi connectivity index (χ3v) is 12.5. The molecule has 2 aromatic rings. The largest absolute Gasteiger partial charge is 0.469 e. The highest BCUT2D eigenvalue weighted by molar-refractivity contribution is 6.74. The molecule has 1 aliphatic rings. The Morgan fingerprint density at radius 2 is 1.56 bits per heavy atom. The van der Waals surface area contributed by atoms with Crippen LogP contribution in [0.1, 0.15) is 51.2 Å². The molecule has 212 valence electrons. The summed E-state index contributed by atoms with van der Waals surface area (Å²) in [5.41, 5.74) is 1.81. The van der Waals surface area contributed by atoms with Crippen molar-refractivity contribution >= 4 is 26.3 Å². The van der Waals surface area contributed by atoms with Crippen molar-refractivity contribution in [2.24, 2.45) is 5.92 Å². The molecule has 1 heterocycles. The van der Waals surface area contributed by atoms with Crippen LogP contribution in [0.2, 0.25) is 18.1 Å². The zero-order chi connectivity index (χ0) is 29.0. The Morgan fingerprint density at radius 1 is 1.05 bits per heavy atom. The summed E-state index contributed by atoms with van der Waals surface area (Å²) in [4.78, 5) is 40.6. The van der Waals surface area contributed by atoms with E-state index in [0.717, 1.165) is 16.0 Å². The van der Waals surface area contributed by atoms with E-state index in [1.54, 1.807) is 6.92 Å². The Kier molecular flexibility index (Phi) is 9.74. The van der Waals surface area contributed by atoms with Gasteiger partial charge in [0.15, 0.2) is 8.32 Å². The molecule has 2 amide bonds. The van der Waals surface area contributed by atoms with E-state index in [9.17, 15) is 19.5 Å². The second-order valence-corrected chi connectivity index (χ2v) is 16.4. The van der Waals surface area contributed by atoms with Gasteiger partial charge >= 0.3 is 12.1 Å². The van der Waals surface area contributed by atoms with Gasteiger partial charge in [-0.1, -0.05) is 81.4 Å². The van der Waals surface area contributed by atoms with E-state index in [4.69, 9.17) is 13.9 Å². The van der Waals surface area contributed by atoms with E-state index < -0.39 is 56.9 Å². The van der Waals surface area contributed by atoms with Gasteiger partial charge in [-0.2, -0.15) is 0 Å². The number of aliphatic hydroxyl groups is 1. The monoisotopic (exact) mass is 555 g/mol. The summed E-state index contributed by atoms with van der Waals surface area (Å²) in [6.45, 7) is 12.0. The fraction of sp³-hybridized carbons (Fsp3) is 0.500. The van der Waals surface area contributed by atoms with E-state index >= 15 is 0 Å². The van der Waals surface area contributed by atoms with Crippen LogP contribution in [-0.2, 0) is 23.5 Å². The van der Waals surface area contributed by atoms with Crippen LogP contribution in [0.25, 0.3) is 0 Å². The lowest BCUT2D eigenvalue weighted by Gasteiger charge is -2.40. The predicted octanol–water partition coefficient (Wildman–Crippen LogP) is 5.12. The number of ether oxygens (including phenoxy) is 2. The van der Waals surface area contributed by atoms with Gasteiger partial charge in [-0.25, -0.2) is 9.69 Å². The molecule has 0 aliphatic carbocycles. The maximum Gasteiger partial charge on any atom is 0.417 e. The minimum absolute atomic E-state index is 0.0178. The summed E-state index contributed by atoms with van der Waals surface area (Å²) in [6.07, 6.45) is -3.33. The van der Waals surface area contributed by atoms with Gasteiger partial charge in [-0.3, -0.25) is 9.59 Å². The molecular formula is C30H41NO7Si. The number of amides is 2. The Hall–Kier alpha value is -3.01. The highest BCUT2D eigenvalue weighted by atomic mass is 28.4. The minimum atomic E-state index is -2.32. The second kappa shape index (κ2) is 12.4. The van der Waals surface area contributed by atoms with Gasteiger partial charge in [0, 0.05) is 5.92 Å². The number of carbonyl (C=O) groups excluding carboxylic acids is 3. The molecule has 3 rings (SSSR count). The molecule has 1 fully saturated rings. The molecule has 2 aromatic carbocycles. The van der Waals surface area contributed by atoms with Crippen LogP contribution >= 0.6 is 0 Å². The number of imide groups is 1. The Morgan fingerprint density at radius 3 is 2.03 bits per heavy atom. The molecular weight excluding hydrogens is 514 g/mol. The predicted molar refractivity (Wildman–Crippen MR) is 151 cm³/mol. The molecule has 39 heavy (non-hydrogen) atoms. The lowest BCUT2D eigenvalue weighted by Crippen LogP contribution is -2.53. The van der Waals surface area contributed by atoms with E-state index in [1.807, 2.05) is 73.8 Å². The average Bonchev–Trinajstić information content (AvgIpc) is 3.27. The SMILES string of the molecule is COC(=O)C[C@H](C(=O)N1C(=O)OC[C@H]1C(c1ccccc1)c1ccccc1)[C@H](O)[C@H](C)O[Si](C)(C)C(C)(C)C. The van der Waals surface area contributed by atoms with Gasteiger partial charge in [0.2, 0.25) is 5.91 Å². The topological polar surface area (TPSA) is 102 Å². The third-order valence-electron chi connectivity index (χ3n) is 7.96. The van der Waals surface area contributed by atoms with Crippen LogP contribution in [0, 0.1) is 5.92 Å². The molecule has 8 nitrogen and oxygen atoms in total. The molecule has 1 aliphatic heterocycles. The molecule has 1 saturated heterocycles. The summed E-state index contributed by atoms with van der Waals surface area (Å²) in [7, 11) is -1.10. The second-order valence-electron chi connectivity index (χ2n) is 11.6. The van der Waals surface area contributed by atoms with Gasteiger partial charge in [0.25, 0.3) is 0 Å². The molecule has 1 N–H and O–H groups in total. The molecule has 0 bridgehead atoms. The number of cyclic esters (lactones) is 1. The highest BCUT2D eigenvalue weighted by Crippen LogP contribution is 2.39. The minimum Gasteiger partial charge on any atom is -0.469 e. The van der Waals surface area contributed by atoms with Gasteiger partial charge in [0.05, 0.1) is 37.7 Å². The summed E-state index contributed by atoms with van der Waals surface area (Å²) < 4.78 is 16.6. The number of benzene rings is 2. The Balaban J connectivity index is 1.99. The molecule has 0 unspecified atom stereocenters. The molecule has 0 radical (unpaired) electrons. The van der Waals surface area contributed by atoms with Crippen LogP contribution in [0.15, 0.2) is 60.7 Å². The number of methoxy groups -OCH3 is 1. The summed E-state index contributed by atoms with van der Waals surface area (Å²) in [5, 5.41) is 11.3. The molecule has 0 saturated carbocycles. The maximum absolute atomic E-state index is 14.1. The molecule has 0 spiro atoms. The van der Waals surface area contributed by atoms with Gasteiger partial charge < -0.3 is 19.0 Å². The zero-order valence-electron chi connectivity index (χ0n) is 23.9. The first-order valence-electron chi connectivity index (χ1n) is 13.3. The van der Waals surface area contributed by atoms with Crippen molar-refractivity contribution in [3.8, 4) is 0 Å². The number of hydrogen-bond donors (Lipinski definition) is 1. The van der Waals surface area contributed by atoms with Crippen LogP contribution in [0.4, 0.5) is 4.79 Å². The van der Waals surface area contributed by atoms with Crippen molar-refractivity contribution in [3.05, 3.63) is 71.8 Å². The lowest BCUT2D eigenvalue weighted by molar-refractivity contribution is -0.151. The summed E-state index contributed by atoms with van der Waals surface area (Å²) in [6, 6.07) is 18.5. The first kappa shape index (κ1) is 30.5. The fourth-order valence-corrected chi connectivity index (χ4v) is 6.15. The van der Waals surface area contributed by atoms with Crippen molar-refractivity contribution in [1.29, 1.82) is 0 Å². The van der Waals surface area contributed by atoms with Crippen LogP contribution in [-0.4, -0.2) is 68.3 Å². The Bertz CT molecular complexity index is 1090. The first-order chi connectivity index (χ1) is 18.3. The third kappa shape index (κ3) is 6.95. The summed E-state index contributed by atoms with van der Waals surface area (Å²) in [5.74, 6) is -3.00. The molecule has 4 atom stereocenters. The quantitative estimate of drug-likeness (QED) is 0.321. The molecule has 0 aromatic heterocycles. The number of rotatable bonds is 10. The van der Waals surface area contributed by atoms with Crippen molar-refractivity contribution < 1.29 is 33.4 Å². The normalized spacial score (nSPS) is 18.4. The van der Waals surface area contributed by atoms with Crippen LogP contribution in [0.3, 0.4) is 0 Å². The zero-order valence-corrected chi connectivity index (χ0v) is 24.9. The van der Waals surface area contributed by atoms with Gasteiger partial charge in [0.1, 0.15) is 6.61 Å². The Labute approximate surface area is 232 Å².